The fourth-order valence-electron chi connectivity index (χ4n) is 3.22. The van der Waals surface area contributed by atoms with Crippen molar-refractivity contribution in [1.82, 2.24) is 15.0 Å². The lowest BCUT2D eigenvalue weighted by Crippen LogP contribution is -2.30. The predicted molar refractivity (Wildman–Crippen MR) is 106 cm³/mol. The zero-order valence-corrected chi connectivity index (χ0v) is 15.1. The Bertz CT molecular complexity index is 815. The Balaban J connectivity index is 0.00000113. The lowest BCUT2D eigenvalue weighted by molar-refractivity contribution is 0.574. The topological polar surface area (TPSA) is 88.3 Å². The van der Waals surface area contributed by atoms with Crippen LogP contribution in [0.25, 0.3) is 22.3 Å². The maximum absolute atomic E-state index is 4.72. The molecule has 3 aromatic rings. The van der Waals surface area contributed by atoms with Crippen LogP contribution < -0.4 is 10.2 Å². The average molecular weight is 362 g/mol. The maximum atomic E-state index is 4.72. The van der Waals surface area contributed by atoms with Crippen molar-refractivity contribution in [2.24, 2.45) is 0 Å². The van der Waals surface area contributed by atoms with E-state index >= 15 is 0 Å². The molecule has 4 N–H and O–H groups in total. The Morgan fingerprint density at radius 2 is 1.76 bits per heavy atom. The number of anilines is 2. The van der Waals surface area contributed by atoms with Crippen molar-refractivity contribution in [3.05, 3.63) is 36.4 Å². The van der Waals surface area contributed by atoms with Crippen LogP contribution >= 0.6 is 12.4 Å². The van der Waals surface area contributed by atoms with E-state index in [2.05, 4.69) is 50.5 Å². The van der Waals surface area contributed by atoms with Gasteiger partial charge in [-0.2, -0.15) is 4.98 Å². The van der Waals surface area contributed by atoms with Crippen LogP contribution in [0, 0.1) is 0 Å². The van der Waals surface area contributed by atoms with Gasteiger partial charge in [-0.3, -0.25) is 0 Å². The molecule has 1 aromatic carbocycles. The number of aromatic amines is 1. The van der Waals surface area contributed by atoms with Crippen molar-refractivity contribution in [1.29, 1.82) is 0 Å². The van der Waals surface area contributed by atoms with Gasteiger partial charge in [0, 0.05) is 25.8 Å². The Hall–Kier alpha value is -2.31. The second-order valence-electron chi connectivity index (χ2n) is 5.98. The normalized spacial score (nSPS) is 13.9. The minimum Gasteiger partial charge on any atom is -0.412 e. The Kier molecular flexibility index (Phi) is 6.22. The highest BCUT2D eigenvalue weighted by atomic mass is 35.5. The first-order valence-electron chi connectivity index (χ1n) is 8.24. The van der Waals surface area contributed by atoms with E-state index in [0.717, 1.165) is 35.6 Å². The van der Waals surface area contributed by atoms with Crippen LogP contribution in [0.4, 0.5) is 11.8 Å². The number of aromatic nitrogens is 3. The summed E-state index contributed by atoms with van der Waals surface area (Å²) >= 11 is 0. The summed E-state index contributed by atoms with van der Waals surface area (Å²) in [4.78, 5) is 15.2. The van der Waals surface area contributed by atoms with Crippen molar-refractivity contribution < 1.29 is 5.48 Å². The highest BCUT2D eigenvalue weighted by Crippen LogP contribution is 2.30. The minimum atomic E-state index is 0. The van der Waals surface area contributed by atoms with Gasteiger partial charge in [-0.05, 0) is 30.9 Å². The van der Waals surface area contributed by atoms with Crippen molar-refractivity contribution in [2.45, 2.75) is 19.3 Å². The molecule has 134 valence electrons. The number of hydrogen-bond acceptors (Lipinski definition) is 4. The summed E-state index contributed by atoms with van der Waals surface area (Å²) in [5.74, 6) is 1.69. The SMILES string of the molecule is CNc1nc(N2CCCCC2)c2[nH]c(-c3ccccc3)cc2n1.Cl.O. The minimum absolute atomic E-state index is 0. The highest BCUT2D eigenvalue weighted by Gasteiger charge is 2.19. The number of hydrogen-bond donors (Lipinski definition) is 2. The van der Waals surface area contributed by atoms with Gasteiger partial charge >= 0.3 is 0 Å². The number of nitrogens with zero attached hydrogens (tertiary/aromatic N) is 3. The molecular weight excluding hydrogens is 338 g/mol. The second kappa shape index (κ2) is 8.18. The molecule has 0 bridgehead atoms. The number of nitrogens with one attached hydrogen (secondary N) is 2. The number of piperidine rings is 1. The predicted octanol–water partition coefficient (Wildman–Crippen LogP) is 3.25. The largest absolute Gasteiger partial charge is 0.412 e. The third-order valence-electron chi connectivity index (χ3n) is 4.42. The molecule has 0 atom stereocenters. The standard InChI is InChI=1S/C18H21N5.ClH.H2O/c1-19-18-21-15-12-14(13-8-4-2-5-9-13)20-16(15)17(22-18)23-10-6-3-7-11-23;;/h2,4-5,8-9,12,20H,3,6-7,10-11H2,1H3,(H,19,21,22);1H;1H2. The molecule has 0 radical (unpaired) electrons. The zero-order chi connectivity index (χ0) is 15.6. The smallest absolute Gasteiger partial charge is 0.225 e. The van der Waals surface area contributed by atoms with Gasteiger partial charge in [0.05, 0.1) is 5.52 Å². The van der Waals surface area contributed by atoms with Crippen molar-refractivity contribution in [2.75, 3.05) is 30.4 Å². The number of fused-ring (bicyclic) bond motifs is 1. The van der Waals surface area contributed by atoms with E-state index in [1.165, 1.54) is 24.8 Å². The Morgan fingerprint density at radius 1 is 1.04 bits per heavy atom. The van der Waals surface area contributed by atoms with Gasteiger partial charge in [0.25, 0.3) is 0 Å². The van der Waals surface area contributed by atoms with Crippen LogP contribution in [-0.2, 0) is 0 Å². The van der Waals surface area contributed by atoms with Crippen LogP contribution in [0.5, 0.6) is 0 Å². The molecule has 0 aliphatic carbocycles. The summed E-state index contributed by atoms with van der Waals surface area (Å²) in [5.41, 5.74) is 4.25. The van der Waals surface area contributed by atoms with E-state index in [0.29, 0.717) is 5.95 Å². The average Bonchev–Trinajstić information content (AvgIpc) is 3.06. The van der Waals surface area contributed by atoms with E-state index in [1.54, 1.807) is 0 Å². The molecule has 0 saturated carbocycles. The summed E-state index contributed by atoms with van der Waals surface area (Å²) in [6, 6.07) is 12.5. The van der Waals surface area contributed by atoms with Gasteiger partial charge in [-0.1, -0.05) is 30.3 Å². The maximum Gasteiger partial charge on any atom is 0.225 e. The molecule has 1 fully saturated rings. The molecule has 7 heteroatoms. The van der Waals surface area contributed by atoms with Crippen molar-refractivity contribution >= 4 is 35.2 Å². The van der Waals surface area contributed by atoms with Crippen LogP contribution in [-0.4, -0.2) is 40.6 Å². The monoisotopic (exact) mass is 361 g/mol. The highest BCUT2D eigenvalue weighted by molar-refractivity contribution is 5.91. The van der Waals surface area contributed by atoms with Crippen LogP contribution in [0.3, 0.4) is 0 Å². The molecule has 2 aromatic heterocycles. The lowest BCUT2D eigenvalue weighted by atomic mass is 10.1. The summed E-state index contributed by atoms with van der Waals surface area (Å²) in [6.07, 6.45) is 3.77. The molecule has 25 heavy (non-hydrogen) atoms. The van der Waals surface area contributed by atoms with Gasteiger partial charge in [0.15, 0.2) is 5.82 Å². The molecule has 0 spiro atoms. The second-order valence-corrected chi connectivity index (χ2v) is 5.98. The quantitative estimate of drug-likeness (QED) is 0.749. The van der Waals surface area contributed by atoms with Gasteiger partial charge in [-0.15, -0.1) is 12.4 Å². The number of benzene rings is 1. The molecule has 6 nitrogen and oxygen atoms in total. The van der Waals surface area contributed by atoms with E-state index in [4.69, 9.17) is 4.98 Å². The molecular formula is C18H24ClN5O. The molecule has 4 rings (SSSR count). The molecule has 0 unspecified atom stereocenters. The van der Waals surface area contributed by atoms with Gasteiger partial charge in [0.2, 0.25) is 5.95 Å². The van der Waals surface area contributed by atoms with E-state index in [1.807, 2.05) is 13.1 Å². The van der Waals surface area contributed by atoms with Crippen LogP contribution in [0.15, 0.2) is 36.4 Å². The number of rotatable bonds is 3. The van der Waals surface area contributed by atoms with E-state index in [-0.39, 0.29) is 17.9 Å². The van der Waals surface area contributed by atoms with Gasteiger partial charge in [-0.25, -0.2) is 4.98 Å². The Labute approximate surface area is 153 Å². The first kappa shape index (κ1) is 19.0. The van der Waals surface area contributed by atoms with Gasteiger partial charge < -0.3 is 20.7 Å². The summed E-state index contributed by atoms with van der Waals surface area (Å²) in [5, 5.41) is 3.08. The third-order valence-corrected chi connectivity index (χ3v) is 4.42. The molecule has 0 amide bonds. The summed E-state index contributed by atoms with van der Waals surface area (Å²) in [6.45, 7) is 2.13. The van der Waals surface area contributed by atoms with Crippen molar-refractivity contribution in [3.63, 3.8) is 0 Å². The summed E-state index contributed by atoms with van der Waals surface area (Å²) in [7, 11) is 1.87. The Morgan fingerprint density at radius 3 is 2.44 bits per heavy atom. The molecule has 1 saturated heterocycles. The molecule has 3 heterocycles. The number of H-pyrrole nitrogens is 1. The zero-order valence-electron chi connectivity index (χ0n) is 14.2. The van der Waals surface area contributed by atoms with Crippen LogP contribution in [0.2, 0.25) is 0 Å². The van der Waals surface area contributed by atoms with Crippen LogP contribution in [0.1, 0.15) is 19.3 Å². The number of halogens is 1. The first-order valence-corrected chi connectivity index (χ1v) is 8.24. The fourth-order valence-corrected chi connectivity index (χ4v) is 3.22. The molecule has 1 aliphatic rings. The third kappa shape index (κ3) is 3.70. The fraction of sp³-hybridized carbons (Fsp3) is 0.333. The lowest BCUT2D eigenvalue weighted by Gasteiger charge is -2.28. The van der Waals surface area contributed by atoms with Gasteiger partial charge in [0.1, 0.15) is 5.52 Å². The molecule has 1 aliphatic heterocycles. The van der Waals surface area contributed by atoms with Crippen molar-refractivity contribution in [3.8, 4) is 11.3 Å². The first-order chi connectivity index (χ1) is 11.3. The van der Waals surface area contributed by atoms with E-state index < -0.39 is 0 Å². The summed E-state index contributed by atoms with van der Waals surface area (Å²) < 4.78 is 0. The van der Waals surface area contributed by atoms with E-state index in [9.17, 15) is 0 Å².